The van der Waals surface area contributed by atoms with Crippen molar-refractivity contribution in [2.75, 3.05) is 65.2 Å². The van der Waals surface area contributed by atoms with Gasteiger partial charge in [0.25, 0.3) is 0 Å². The molecule has 6 nitrogen and oxygen atoms in total. The van der Waals surface area contributed by atoms with Crippen LogP contribution in [0.3, 0.4) is 0 Å². The van der Waals surface area contributed by atoms with E-state index >= 15 is 0 Å². The van der Waals surface area contributed by atoms with Gasteiger partial charge in [0.05, 0.1) is 11.2 Å². The summed E-state index contributed by atoms with van der Waals surface area (Å²) in [5.74, 6) is 1.22. The Morgan fingerprint density at radius 3 is 2.56 bits per heavy atom. The van der Waals surface area contributed by atoms with E-state index in [1.165, 1.54) is 28.0 Å². The highest BCUT2D eigenvalue weighted by atomic mass is 15.3. The largest absolute Gasteiger partial charge is 0.384 e. The molecular formula is C26H40N6. The molecule has 3 N–H and O–H groups in total. The van der Waals surface area contributed by atoms with Gasteiger partial charge in [-0.3, -0.25) is 0 Å². The van der Waals surface area contributed by atoms with E-state index in [0.717, 1.165) is 63.4 Å². The number of nitrogens with one attached hydrogen (secondary N) is 3. The Labute approximate surface area is 193 Å². The molecule has 0 amide bonds. The number of nitrogens with zero attached hydrogens (tertiary/aromatic N) is 3. The van der Waals surface area contributed by atoms with Crippen molar-refractivity contribution in [3.63, 3.8) is 0 Å². The molecule has 6 heteroatoms. The average molecular weight is 437 g/mol. The lowest BCUT2D eigenvalue weighted by Gasteiger charge is -2.33. The first-order valence-corrected chi connectivity index (χ1v) is 12.0. The minimum absolute atomic E-state index is 0.806. The van der Waals surface area contributed by atoms with Crippen LogP contribution in [0.1, 0.15) is 31.5 Å². The van der Waals surface area contributed by atoms with Crippen molar-refractivity contribution in [2.24, 2.45) is 0 Å². The molecule has 2 aromatic rings. The van der Waals surface area contributed by atoms with Gasteiger partial charge in [-0.1, -0.05) is 32.1 Å². The van der Waals surface area contributed by atoms with Gasteiger partial charge in [0.1, 0.15) is 5.82 Å². The van der Waals surface area contributed by atoms with Crippen LogP contribution in [0.15, 0.2) is 42.2 Å². The second-order valence-electron chi connectivity index (χ2n) is 8.49. The summed E-state index contributed by atoms with van der Waals surface area (Å²) in [4.78, 5) is 9.64. The highest BCUT2D eigenvalue weighted by Crippen LogP contribution is 2.28. The van der Waals surface area contributed by atoms with Crippen LogP contribution in [-0.2, 0) is 0 Å². The smallest absolute Gasteiger partial charge is 0.102 e. The van der Waals surface area contributed by atoms with Crippen molar-refractivity contribution < 1.29 is 0 Å². The number of fused-ring (bicyclic) bond motifs is 1. The van der Waals surface area contributed by atoms with Crippen LogP contribution in [0, 0.1) is 6.92 Å². The number of aryl methyl sites for hydroxylation is 1. The van der Waals surface area contributed by atoms with E-state index in [4.69, 9.17) is 4.98 Å². The van der Waals surface area contributed by atoms with Gasteiger partial charge in [0.15, 0.2) is 0 Å². The summed E-state index contributed by atoms with van der Waals surface area (Å²) in [6, 6.07) is 8.75. The highest BCUT2D eigenvalue weighted by Gasteiger charge is 2.17. The molecule has 0 saturated carbocycles. The minimum atomic E-state index is 0.806. The number of dihydropyridines is 1. The van der Waals surface area contributed by atoms with Crippen molar-refractivity contribution in [1.82, 2.24) is 25.4 Å². The van der Waals surface area contributed by atoms with Gasteiger partial charge in [-0.2, -0.15) is 0 Å². The molecular weight excluding hydrogens is 396 g/mol. The summed E-state index contributed by atoms with van der Waals surface area (Å²) in [6.07, 6.45) is 5.54. The summed E-state index contributed by atoms with van der Waals surface area (Å²) in [5, 5.41) is 11.9. The van der Waals surface area contributed by atoms with E-state index in [2.05, 4.69) is 83.2 Å². The van der Waals surface area contributed by atoms with Gasteiger partial charge in [0, 0.05) is 50.3 Å². The standard InChI is InChI=1S/C24H34N6.C2H6/c1-18-5-7-20-22(26-9-4-12-29(2)3)16-21(28-23(20)15-18)19-6-8-24(27-17-19)30-13-10-25-11-14-30;1-2/h5-8,15-16,25,27H,4,9-14,17H2,1-3H3,(H,26,28);1-2H3. The molecule has 0 radical (unpaired) electrons. The second-order valence-corrected chi connectivity index (χ2v) is 8.49. The summed E-state index contributed by atoms with van der Waals surface area (Å²) < 4.78 is 0. The van der Waals surface area contributed by atoms with Crippen LogP contribution < -0.4 is 16.0 Å². The first kappa shape index (κ1) is 24.1. The van der Waals surface area contributed by atoms with Gasteiger partial charge in [-0.05, 0) is 63.3 Å². The van der Waals surface area contributed by atoms with Crippen molar-refractivity contribution in [1.29, 1.82) is 0 Å². The zero-order valence-corrected chi connectivity index (χ0v) is 20.5. The number of hydrogen-bond donors (Lipinski definition) is 3. The number of piperazine rings is 1. The van der Waals surface area contributed by atoms with Crippen LogP contribution in [0.4, 0.5) is 5.69 Å². The van der Waals surface area contributed by atoms with E-state index < -0.39 is 0 Å². The quantitative estimate of drug-likeness (QED) is 0.576. The number of hydrogen-bond acceptors (Lipinski definition) is 6. The monoisotopic (exact) mass is 436 g/mol. The van der Waals surface area contributed by atoms with Gasteiger partial charge in [0.2, 0.25) is 0 Å². The molecule has 0 bridgehead atoms. The predicted octanol–water partition coefficient (Wildman–Crippen LogP) is 3.67. The topological polar surface area (TPSA) is 55.5 Å². The molecule has 1 fully saturated rings. The third-order valence-electron chi connectivity index (χ3n) is 5.75. The molecule has 0 atom stereocenters. The normalized spacial score (nSPS) is 16.1. The lowest BCUT2D eigenvalue weighted by Crippen LogP contribution is -2.46. The molecule has 1 aromatic carbocycles. The fourth-order valence-electron chi connectivity index (χ4n) is 4.05. The third kappa shape index (κ3) is 6.24. The van der Waals surface area contributed by atoms with E-state index in [-0.39, 0.29) is 0 Å². The second kappa shape index (κ2) is 11.9. The van der Waals surface area contributed by atoms with Gasteiger partial charge in [-0.25, -0.2) is 4.98 Å². The molecule has 32 heavy (non-hydrogen) atoms. The van der Waals surface area contributed by atoms with Crippen LogP contribution in [-0.4, -0.2) is 74.7 Å². The van der Waals surface area contributed by atoms with Crippen molar-refractivity contribution in [3.8, 4) is 0 Å². The molecule has 0 aliphatic carbocycles. The SMILES string of the molecule is CC.Cc1ccc2c(NCCCN(C)C)cc(C3=CC=C(N4CCNCC4)NC3)nc2c1. The van der Waals surface area contributed by atoms with Crippen molar-refractivity contribution in [3.05, 3.63) is 53.5 Å². The number of rotatable bonds is 7. The number of allylic oxidation sites excluding steroid dienone is 2. The maximum absolute atomic E-state index is 5.01. The van der Waals surface area contributed by atoms with Crippen molar-refractivity contribution >= 4 is 22.2 Å². The Morgan fingerprint density at radius 1 is 1.09 bits per heavy atom. The van der Waals surface area contributed by atoms with Gasteiger partial charge in [-0.15, -0.1) is 0 Å². The zero-order valence-electron chi connectivity index (χ0n) is 20.5. The third-order valence-corrected chi connectivity index (χ3v) is 5.75. The zero-order chi connectivity index (χ0) is 22.9. The number of aromatic nitrogens is 1. The molecule has 0 spiro atoms. The van der Waals surface area contributed by atoms with Gasteiger partial charge < -0.3 is 25.8 Å². The van der Waals surface area contributed by atoms with E-state index in [0.29, 0.717) is 0 Å². The van der Waals surface area contributed by atoms with Crippen molar-refractivity contribution in [2.45, 2.75) is 27.2 Å². The van der Waals surface area contributed by atoms with Crippen LogP contribution in [0.25, 0.3) is 16.5 Å². The molecule has 174 valence electrons. The first-order valence-electron chi connectivity index (χ1n) is 12.0. The number of benzene rings is 1. The summed E-state index contributed by atoms with van der Waals surface area (Å²) in [5.41, 5.74) is 5.74. The fourth-order valence-corrected chi connectivity index (χ4v) is 4.05. The number of anilines is 1. The van der Waals surface area contributed by atoms with Crippen LogP contribution in [0.5, 0.6) is 0 Å². The lowest BCUT2D eigenvalue weighted by molar-refractivity contribution is 0.282. The summed E-state index contributed by atoms with van der Waals surface area (Å²) >= 11 is 0. The lowest BCUT2D eigenvalue weighted by atomic mass is 10.0. The summed E-state index contributed by atoms with van der Waals surface area (Å²) in [6.45, 7) is 13.2. The Balaban J connectivity index is 0.00000141. The van der Waals surface area contributed by atoms with Crippen LogP contribution >= 0.6 is 0 Å². The Morgan fingerprint density at radius 2 is 1.88 bits per heavy atom. The average Bonchev–Trinajstić information content (AvgIpc) is 2.83. The Hall–Kier alpha value is -2.57. The maximum Gasteiger partial charge on any atom is 0.102 e. The highest BCUT2D eigenvalue weighted by molar-refractivity contribution is 5.93. The predicted molar refractivity (Wildman–Crippen MR) is 138 cm³/mol. The molecule has 0 unspecified atom stereocenters. The molecule has 2 aliphatic rings. The molecule has 1 aromatic heterocycles. The minimum Gasteiger partial charge on any atom is -0.384 e. The van der Waals surface area contributed by atoms with E-state index in [9.17, 15) is 0 Å². The summed E-state index contributed by atoms with van der Waals surface area (Å²) in [7, 11) is 4.24. The number of pyridine rings is 1. The first-order chi connectivity index (χ1) is 15.6. The Kier molecular flexibility index (Phi) is 8.94. The van der Waals surface area contributed by atoms with E-state index in [1.54, 1.807) is 0 Å². The maximum atomic E-state index is 5.01. The van der Waals surface area contributed by atoms with Crippen LogP contribution in [0.2, 0.25) is 0 Å². The molecule has 2 aliphatic heterocycles. The Bertz CT molecular complexity index is 941. The van der Waals surface area contributed by atoms with Gasteiger partial charge >= 0.3 is 0 Å². The molecule has 3 heterocycles. The van der Waals surface area contributed by atoms with E-state index in [1.807, 2.05) is 13.8 Å². The fraction of sp³-hybridized carbons (Fsp3) is 0.500. The molecule has 4 rings (SSSR count). The molecule has 1 saturated heterocycles.